The Morgan fingerprint density at radius 2 is 2.15 bits per heavy atom. The van der Waals surface area contributed by atoms with Crippen molar-refractivity contribution in [2.45, 2.75) is 4.90 Å². The zero-order chi connectivity index (χ0) is 9.47. The largest absolute Gasteiger partial charge is 0.397 e. The summed E-state index contributed by atoms with van der Waals surface area (Å²) >= 11 is 0. The zero-order valence-electron chi connectivity index (χ0n) is 6.95. The predicted octanol–water partition coefficient (Wildman–Crippen LogP) is 0.468. The van der Waals surface area contributed by atoms with Gasteiger partial charge in [0.25, 0.3) is 0 Å². The zero-order valence-corrected chi connectivity index (χ0v) is 7.76. The number of nitrogen functional groups attached to an aromatic ring is 1. The van der Waals surface area contributed by atoms with Crippen molar-refractivity contribution in [2.24, 2.45) is 0 Å². The molecule has 13 heavy (non-hydrogen) atoms. The molecule has 0 bridgehead atoms. The maximum absolute atomic E-state index is 11.5. The van der Waals surface area contributed by atoms with Crippen LogP contribution in [-0.4, -0.2) is 20.7 Å². The van der Waals surface area contributed by atoms with Crippen LogP contribution >= 0.6 is 0 Å². The van der Waals surface area contributed by atoms with Crippen molar-refractivity contribution in [1.29, 1.82) is 0 Å². The third-order valence-corrected chi connectivity index (χ3v) is 3.82. The maximum atomic E-state index is 11.5. The van der Waals surface area contributed by atoms with Crippen molar-refractivity contribution in [3.8, 4) is 0 Å². The number of fused-ring (bicyclic) bond motifs is 1. The van der Waals surface area contributed by atoms with Crippen molar-refractivity contribution in [2.75, 3.05) is 23.3 Å². The van der Waals surface area contributed by atoms with Crippen molar-refractivity contribution in [3.05, 3.63) is 18.2 Å². The van der Waals surface area contributed by atoms with E-state index in [1.54, 1.807) is 18.2 Å². The molecule has 4 nitrogen and oxygen atoms in total. The number of benzene rings is 1. The van der Waals surface area contributed by atoms with Crippen LogP contribution in [0, 0.1) is 0 Å². The second kappa shape index (κ2) is 2.63. The molecule has 1 aromatic rings. The van der Waals surface area contributed by atoms with E-state index in [0.29, 0.717) is 22.8 Å². The van der Waals surface area contributed by atoms with Crippen LogP contribution in [0.15, 0.2) is 23.1 Å². The summed E-state index contributed by atoms with van der Waals surface area (Å²) in [5, 5.41) is 2.98. The molecule has 0 saturated heterocycles. The molecule has 1 heterocycles. The summed E-state index contributed by atoms with van der Waals surface area (Å²) in [4.78, 5) is 0.318. The van der Waals surface area contributed by atoms with Gasteiger partial charge >= 0.3 is 0 Å². The van der Waals surface area contributed by atoms with Crippen LogP contribution in [0.5, 0.6) is 0 Å². The highest BCUT2D eigenvalue weighted by atomic mass is 32.2. The minimum atomic E-state index is -3.11. The van der Waals surface area contributed by atoms with Crippen LogP contribution in [0.25, 0.3) is 0 Å². The normalized spacial score (nSPS) is 18.8. The molecule has 0 aromatic heterocycles. The Hall–Kier alpha value is -1.23. The summed E-state index contributed by atoms with van der Waals surface area (Å²) < 4.78 is 23.1. The lowest BCUT2D eigenvalue weighted by molar-refractivity contribution is 0.595. The Labute approximate surface area is 76.7 Å². The van der Waals surface area contributed by atoms with E-state index in [9.17, 15) is 8.42 Å². The minimum absolute atomic E-state index is 0.142. The summed E-state index contributed by atoms with van der Waals surface area (Å²) in [5.41, 5.74) is 6.67. The van der Waals surface area contributed by atoms with Gasteiger partial charge in [0, 0.05) is 6.54 Å². The van der Waals surface area contributed by atoms with Crippen LogP contribution in [-0.2, 0) is 9.84 Å². The quantitative estimate of drug-likeness (QED) is 0.594. The van der Waals surface area contributed by atoms with E-state index in [1.807, 2.05) is 0 Å². The summed E-state index contributed by atoms with van der Waals surface area (Å²) in [5.74, 6) is 0.142. The van der Waals surface area contributed by atoms with Gasteiger partial charge in [-0.3, -0.25) is 0 Å². The fraction of sp³-hybridized carbons (Fsp3) is 0.250. The number of anilines is 2. The van der Waals surface area contributed by atoms with Crippen molar-refractivity contribution in [1.82, 2.24) is 0 Å². The van der Waals surface area contributed by atoms with Gasteiger partial charge in [-0.25, -0.2) is 8.42 Å². The highest BCUT2D eigenvalue weighted by Gasteiger charge is 2.23. The third kappa shape index (κ3) is 1.25. The lowest BCUT2D eigenvalue weighted by atomic mass is 10.2. The smallest absolute Gasteiger partial charge is 0.182 e. The number of nitrogens with one attached hydrogen (secondary N) is 1. The molecule has 2 rings (SSSR count). The second-order valence-electron chi connectivity index (χ2n) is 2.97. The van der Waals surface area contributed by atoms with E-state index in [4.69, 9.17) is 5.73 Å². The molecule has 3 N–H and O–H groups in total. The molecule has 0 saturated carbocycles. The fourth-order valence-electron chi connectivity index (χ4n) is 1.42. The van der Waals surface area contributed by atoms with Gasteiger partial charge in [0.15, 0.2) is 9.84 Å². The van der Waals surface area contributed by atoms with Crippen molar-refractivity contribution >= 4 is 21.2 Å². The first kappa shape index (κ1) is 8.37. The van der Waals surface area contributed by atoms with Gasteiger partial charge in [0.2, 0.25) is 0 Å². The first-order valence-electron chi connectivity index (χ1n) is 3.96. The lowest BCUT2D eigenvalue weighted by Crippen LogP contribution is -2.23. The van der Waals surface area contributed by atoms with Gasteiger partial charge < -0.3 is 11.1 Å². The molecule has 5 heteroatoms. The molecule has 0 aliphatic carbocycles. The number of nitrogens with two attached hydrogens (primary N) is 1. The highest BCUT2D eigenvalue weighted by molar-refractivity contribution is 7.91. The molecule has 1 aliphatic rings. The van der Waals surface area contributed by atoms with Gasteiger partial charge in [-0.1, -0.05) is 6.07 Å². The minimum Gasteiger partial charge on any atom is -0.397 e. The fourth-order valence-corrected chi connectivity index (χ4v) is 2.79. The van der Waals surface area contributed by atoms with Gasteiger partial charge in [-0.15, -0.1) is 0 Å². The summed E-state index contributed by atoms with van der Waals surface area (Å²) in [7, 11) is -3.11. The molecule has 1 aliphatic heterocycles. The summed E-state index contributed by atoms with van der Waals surface area (Å²) in [6, 6.07) is 4.92. The third-order valence-electron chi connectivity index (χ3n) is 2.07. The van der Waals surface area contributed by atoms with E-state index >= 15 is 0 Å². The van der Waals surface area contributed by atoms with Gasteiger partial charge in [-0.05, 0) is 12.1 Å². The predicted molar refractivity (Wildman–Crippen MR) is 51.4 cm³/mol. The van der Waals surface area contributed by atoms with Crippen molar-refractivity contribution < 1.29 is 8.42 Å². The molecule has 0 amide bonds. The molecule has 0 unspecified atom stereocenters. The van der Waals surface area contributed by atoms with Gasteiger partial charge in [-0.2, -0.15) is 0 Å². The first-order chi connectivity index (χ1) is 6.11. The first-order valence-corrected chi connectivity index (χ1v) is 5.61. The van der Waals surface area contributed by atoms with Crippen molar-refractivity contribution in [3.63, 3.8) is 0 Å². The van der Waals surface area contributed by atoms with E-state index in [1.165, 1.54) is 0 Å². The Balaban J connectivity index is 2.73. The SMILES string of the molecule is Nc1cccc2c1NCCS2(=O)=O. The molecule has 0 fully saturated rings. The molecule has 0 atom stereocenters. The number of hydrogen-bond acceptors (Lipinski definition) is 4. The molecule has 0 radical (unpaired) electrons. The number of hydrogen-bond donors (Lipinski definition) is 2. The van der Waals surface area contributed by atoms with E-state index in [0.717, 1.165) is 0 Å². The van der Waals surface area contributed by atoms with Crippen LogP contribution < -0.4 is 11.1 Å². The number of para-hydroxylation sites is 1. The highest BCUT2D eigenvalue weighted by Crippen LogP contribution is 2.30. The Morgan fingerprint density at radius 3 is 2.85 bits per heavy atom. The van der Waals surface area contributed by atoms with Gasteiger partial charge in [0.05, 0.1) is 22.0 Å². The van der Waals surface area contributed by atoms with E-state index < -0.39 is 9.84 Å². The van der Waals surface area contributed by atoms with E-state index in [-0.39, 0.29) is 5.75 Å². The second-order valence-corrected chi connectivity index (χ2v) is 5.04. The van der Waals surface area contributed by atoms with E-state index in [2.05, 4.69) is 5.32 Å². The Kier molecular flexibility index (Phi) is 1.69. The number of sulfone groups is 1. The molecular formula is C8H10N2O2S. The monoisotopic (exact) mass is 198 g/mol. The Morgan fingerprint density at radius 1 is 1.38 bits per heavy atom. The van der Waals surface area contributed by atoms with Crippen LogP contribution in [0.1, 0.15) is 0 Å². The number of rotatable bonds is 0. The average Bonchev–Trinajstić information content (AvgIpc) is 2.06. The molecule has 0 spiro atoms. The summed E-state index contributed by atoms with van der Waals surface area (Å²) in [6.07, 6.45) is 0. The lowest BCUT2D eigenvalue weighted by Gasteiger charge is -2.19. The molecule has 1 aromatic carbocycles. The molecular weight excluding hydrogens is 188 g/mol. The van der Waals surface area contributed by atoms with Crippen LogP contribution in [0.4, 0.5) is 11.4 Å². The van der Waals surface area contributed by atoms with Crippen LogP contribution in [0.3, 0.4) is 0 Å². The summed E-state index contributed by atoms with van der Waals surface area (Å²) in [6.45, 7) is 0.434. The topological polar surface area (TPSA) is 72.2 Å². The molecule has 70 valence electrons. The average molecular weight is 198 g/mol. The van der Waals surface area contributed by atoms with Crippen LogP contribution in [0.2, 0.25) is 0 Å². The standard InChI is InChI=1S/C8H10N2O2S/c9-6-2-1-3-7-8(6)10-4-5-13(7,11)12/h1-3,10H,4-5,9H2. The Bertz CT molecular complexity index is 439. The maximum Gasteiger partial charge on any atom is 0.182 e. The van der Waals surface area contributed by atoms with Gasteiger partial charge in [0.1, 0.15) is 0 Å².